The number of urea groups is 1. The van der Waals surface area contributed by atoms with Gasteiger partial charge in [0.05, 0.1) is 12.0 Å². The van der Waals surface area contributed by atoms with Crippen LogP contribution in [0.1, 0.15) is 42.9 Å². The monoisotopic (exact) mass is 428 g/mol. The van der Waals surface area contributed by atoms with E-state index in [9.17, 15) is 9.59 Å². The number of carbonyl (C=O) groups is 2. The summed E-state index contributed by atoms with van der Waals surface area (Å²) in [6.07, 6.45) is 4.62. The second-order valence-electron chi connectivity index (χ2n) is 7.99. The first kappa shape index (κ1) is 22.0. The van der Waals surface area contributed by atoms with Crippen LogP contribution >= 0.6 is 12.4 Å². The number of nitrogen functional groups attached to an aromatic ring is 1. The highest BCUT2D eigenvalue weighted by atomic mass is 35.5. The summed E-state index contributed by atoms with van der Waals surface area (Å²) >= 11 is 0. The molecule has 0 spiro atoms. The van der Waals surface area contributed by atoms with Crippen LogP contribution in [0.5, 0.6) is 0 Å². The predicted molar refractivity (Wildman–Crippen MR) is 122 cm³/mol. The third-order valence-corrected chi connectivity index (χ3v) is 5.90. The normalized spacial score (nSPS) is 20.5. The predicted octanol–water partition coefficient (Wildman–Crippen LogP) is 4.13. The van der Waals surface area contributed by atoms with Gasteiger partial charge in [-0.05, 0) is 67.5 Å². The third-order valence-electron chi connectivity index (χ3n) is 5.90. The molecule has 1 heterocycles. The van der Waals surface area contributed by atoms with Crippen molar-refractivity contribution >= 4 is 35.7 Å². The largest absolute Gasteiger partial charge is 0.399 e. The molecule has 2 aliphatic rings. The van der Waals surface area contributed by atoms with Crippen molar-refractivity contribution in [3.05, 3.63) is 59.7 Å². The Balaban J connectivity index is 0.00000256. The number of halogens is 1. The molecule has 0 bridgehead atoms. The molecule has 1 aliphatic heterocycles. The van der Waals surface area contributed by atoms with Crippen LogP contribution in [-0.4, -0.2) is 29.9 Å². The fourth-order valence-electron chi connectivity index (χ4n) is 4.37. The van der Waals surface area contributed by atoms with Gasteiger partial charge in [-0.3, -0.25) is 4.79 Å². The lowest BCUT2D eigenvalue weighted by molar-refractivity contribution is -0.127. The van der Waals surface area contributed by atoms with Gasteiger partial charge < -0.3 is 21.3 Å². The first-order chi connectivity index (χ1) is 14.1. The summed E-state index contributed by atoms with van der Waals surface area (Å²) < 4.78 is 0. The minimum atomic E-state index is -0.176. The number of rotatable bonds is 3. The number of carbonyl (C=O) groups excluding carboxylic acids is 2. The summed E-state index contributed by atoms with van der Waals surface area (Å²) in [5, 5.41) is 6.15. The van der Waals surface area contributed by atoms with Crippen molar-refractivity contribution in [1.82, 2.24) is 10.2 Å². The number of para-hydroxylation sites is 1. The van der Waals surface area contributed by atoms with Gasteiger partial charge in [-0.25, -0.2) is 4.79 Å². The molecular formula is C23H29ClN4O2. The van der Waals surface area contributed by atoms with E-state index in [1.807, 2.05) is 48.5 Å². The average molecular weight is 429 g/mol. The molecule has 160 valence electrons. The third kappa shape index (κ3) is 5.05. The Morgan fingerprint density at radius 1 is 1.03 bits per heavy atom. The summed E-state index contributed by atoms with van der Waals surface area (Å²) in [6, 6.07) is 15.2. The summed E-state index contributed by atoms with van der Waals surface area (Å²) in [7, 11) is 0. The van der Waals surface area contributed by atoms with Crippen molar-refractivity contribution in [3.8, 4) is 0 Å². The molecule has 4 N–H and O–H groups in total. The highest BCUT2D eigenvalue weighted by Gasteiger charge is 2.31. The van der Waals surface area contributed by atoms with Crippen molar-refractivity contribution in [3.63, 3.8) is 0 Å². The van der Waals surface area contributed by atoms with E-state index in [0.29, 0.717) is 13.1 Å². The molecule has 30 heavy (non-hydrogen) atoms. The fourth-order valence-corrected chi connectivity index (χ4v) is 4.37. The first-order valence-corrected chi connectivity index (χ1v) is 10.4. The van der Waals surface area contributed by atoms with Gasteiger partial charge in [0.2, 0.25) is 5.91 Å². The molecule has 2 aromatic rings. The molecule has 0 aromatic heterocycles. The van der Waals surface area contributed by atoms with E-state index in [1.165, 1.54) is 11.1 Å². The first-order valence-electron chi connectivity index (χ1n) is 10.4. The van der Waals surface area contributed by atoms with Crippen molar-refractivity contribution in [2.75, 3.05) is 24.1 Å². The Hall–Kier alpha value is -2.73. The summed E-state index contributed by atoms with van der Waals surface area (Å²) in [6.45, 7) is 1.12. The maximum Gasteiger partial charge on any atom is 0.321 e. The Morgan fingerprint density at radius 3 is 2.63 bits per heavy atom. The number of nitrogens with zero attached hydrogens (tertiary/aromatic N) is 1. The molecule has 6 nitrogen and oxygen atoms in total. The van der Waals surface area contributed by atoms with Crippen molar-refractivity contribution in [2.24, 2.45) is 5.92 Å². The molecule has 3 amide bonds. The van der Waals surface area contributed by atoms with Crippen LogP contribution in [-0.2, 0) is 11.2 Å². The maximum atomic E-state index is 13.0. The van der Waals surface area contributed by atoms with E-state index in [2.05, 4.69) is 10.6 Å². The molecule has 2 atom stereocenters. The quantitative estimate of drug-likeness (QED) is 0.642. The minimum absolute atomic E-state index is 0. The van der Waals surface area contributed by atoms with Crippen molar-refractivity contribution in [2.45, 2.75) is 38.1 Å². The van der Waals surface area contributed by atoms with Crippen LogP contribution in [0.3, 0.4) is 0 Å². The number of hydrogen-bond acceptors (Lipinski definition) is 3. The zero-order valence-corrected chi connectivity index (χ0v) is 17.8. The molecule has 2 aromatic carbocycles. The van der Waals surface area contributed by atoms with Crippen LogP contribution in [0, 0.1) is 5.92 Å². The molecule has 0 radical (unpaired) electrons. The molecule has 0 saturated carbocycles. The molecule has 7 heteroatoms. The second kappa shape index (κ2) is 9.85. The molecule has 1 saturated heterocycles. The average Bonchev–Trinajstić information content (AvgIpc) is 2.74. The molecule has 1 fully saturated rings. The minimum Gasteiger partial charge on any atom is -0.399 e. The van der Waals surface area contributed by atoms with Gasteiger partial charge in [-0.2, -0.15) is 0 Å². The summed E-state index contributed by atoms with van der Waals surface area (Å²) in [4.78, 5) is 27.3. The molecule has 2 unspecified atom stereocenters. The second-order valence-corrected chi connectivity index (χ2v) is 7.99. The van der Waals surface area contributed by atoms with Gasteiger partial charge in [-0.15, -0.1) is 12.4 Å². The van der Waals surface area contributed by atoms with Gasteiger partial charge in [-0.1, -0.05) is 24.3 Å². The number of anilines is 2. The van der Waals surface area contributed by atoms with Crippen LogP contribution in [0.25, 0.3) is 0 Å². The number of aryl methyl sites for hydroxylation is 1. The Kier molecular flexibility index (Phi) is 7.21. The number of nitrogens with one attached hydrogen (secondary N) is 2. The highest BCUT2D eigenvalue weighted by molar-refractivity contribution is 5.90. The van der Waals surface area contributed by atoms with E-state index >= 15 is 0 Å². The number of likely N-dealkylation sites (tertiary alicyclic amines) is 1. The van der Waals surface area contributed by atoms with Gasteiger partial charge in [0.1, 0.15) is 0 Å². The summed E-state index contributed by atoms with van der Waals surface area (Å²) in [5.74, 6) is -0.138. The molecular weight excluding hydrogens is 400 g/mol. The van der Waals surface area contributed by atoms with E-state index in [0.717, 1.165) is 43.5 Å². The van der Waals surface area contributed by atoms with Gasteiger partial charge in [0.15, 0.2) is 0 Å². The van der Waals surface area contributed by atoms with Crippen LogP contribution in [0.2, 0.25) is 0 Å². The van der Waals surface area contributed by atoms with Crippen LogP contribution in [0.4, 0.5) is 16.2 Å². The van der Waals surface area contributed by atoms with Crippen molar-refractivity contribution < 1.29 is 9.59 Å². The van der Waals surface area contributed by atoms with E-state index in [-0.39, 0.29) is 36.3 Å². The fraction of sp³-hybridized carbons (Fsp3) is 0.391. The standard InChI is InChI=1S/C23H28N4O2.ClH/c24-18-11-12-20-16(14-18)6-4-10-21(20)26-22(28)17-7-5-13-27(15-17)23(29)25-19-8-2-1-3-9-19;/h1-3,8-9,11-12,14,17,21H,4-7,10,13,15,24H2,(H,25,29)(H,26,28);1H. The van der Waals surface area contributed by atoms with Gasteiger partial charge in [0.25, 0.3) is 0 Å². The Labute approximate surface area is 183 Å². The number of fused-ring (bicyclic) bond motifs is 1. The van der Waals surface area contributed by atoms with Gasteiger partial charge >= 0.3 is 6.03 Å². The van der Waals surface area contributed by atoms with Gasteiger partial charge in [0, 0.05) is 24.5 Å². The smallest absolute Gasteiger partial charge is 0.321 e. The lowest BCUT2D eigenvalue weighted by Gasteiger charge is -2.34. The zero-order valence-electron chi connectivity index (χ0n) is 17.0. The maximum absolute atomic E-state index is 13.0. The lowest BCUT2D eigenvalue weighted by Crippen LogP contribution is -2.47. The lowest BCUT2D eigenvalue weighted by atomic mass is 9.86. The topological polar surface area (TPSA) is 87.5 Å². The Bertz CT molecular complexity index is 890. The van der Waals surface area contributed by atoms with Crippen LogP contribution in [0.15, 0.2) is 48.5 Å². The van der Waals surface area contributed by atoms with E-state index in [1.54, 1.807) is 4.90 Å². The van der Waals surface area contributed by atoms with E-state index < -0.39 is 0 Å². The summed E-state index contributed by atoms with van der Waals surface area (Å²) in [5.41, 5.74) is 9.85. The number of benzene rings is 2. The zero-order chi connectivity index (χ0) is 20.2. The number of piperidine rings is 1. The van der Waals surface area contributed by atoms with Crippen LogP contribution < -0.4 is 16.4 Å². The van der Waals surface area contributed by atoms with Crippen molar-refractivity contribution in [1.29, 1.82) is 0 Å². The molecule has 1 aliphatic carbocycles. The Morgan fingerprint density at radius 2 is 1.83 bits per heavy atom. The SMILES string of the molecule is Cl.Nc1ccc2c(c1)CCCC2NC(=O)C1CCCN(C(=O)Nc2ccccc2)C1. The number of amides is 3. The highest BCUT2D eigenvalue weighted by Crippen LogP contribution is 2.31. The molecule has 4 rings (SSSR count). The van der Waals surface area contributed by atoms with E-state index in [4.69, 9.17) is 5.73 Å². The number of hydrogen-bond donors (Lipinski definition) is 3. The number of nitrogens with two attached hydrogens (primary N) is 1.